The zero-order valence-electron chi connectivity index (χ0n) is 13.0. The van der Waals surface area contributed by atoms with Crippen molar-refractivity contribution in [2.45, 2.75) is 6.54 Å². The van der Waals surface area contributed by atoms with Crippen LogP contribution in [0.5, 0.6) is 5.75 Å². The summed E-state index contributed by atoms with van der Waals surface area (Å²) >= 11 is 0. The van der Waals surface area contributed by atoms with E-state index in [0.29, 0.717) is 23.5 Å². The number of aromatic nitrogens is 1. The number of nitrogens with zero attached hydrogens (tertiary/aromatic N) is 2. The number of hydrogen-bond donors (Lipinski definition) is 0. The minimum atomic E-state index is -0.0954. The van der Waals surface area contributed by atoms with Crippen LogP contribution in [0.1, 0.15) is 26.3 Å². The number of ether oxygens (including phenoxy) is 1. The molecule has 1 aliphatic rings. The average Bonchev–Trinajstić information content (AvgIpc) is 2.90. The first-order valence-electron chi connectivity index (χ1n) is 7.54. The maximum absolute atomic E-state index is 12.8. The van der Waals surface area contributed by atoms with Crippen LogP contribution in [0, 0.1) is 0 Å². The second-order valence-electron chi connectivity index (χ2n) is 5.62. The molecule has 1 aliphatic heterocycles. The summed E-state index contributed by atoms with van der Waals surface area (Å²) in [5.41, 5.74) is 2.06. The molecule has 24 heavy (non-hydrogen) atoms. The zero-order chi connectivity index (χ0) is 16.7. The lowest BCUT2D eigenvalue weighted by molar-refractivity contribution is 0.0990. The number of anilines is 1. The molecule has 0 atom stereocenters. The Labute approximate surface area is 138 Å². The van der Waals surface area contributed by atoms with E-state index in [-0.39, 0.29) is 5.91 Å². The summed E-state index contributed by atoms with van der Waals surface area (Å²) in [5, 5.41) is 1.51. The van der Waals surface area contributed by atoms with Crippen molar-refractivity contribution in [3.63, 3.8) is 0 Å². The SMILES string of the molecule is COc1ccc(CN2C(=O)c3cccc4c(C=O)cnc2c34)cc1. The first-order valence-corrected chi connectivity index (χ1v) is 7.54. The molecule has 0 N–H and O–H groups in total. The van der Waals surface area contributed by atoms with Gasteiger partial charge in [0.2, 0.25) is 0 Å². The van der Waals surface area contributed by atoms with Crippen molar-refractivity contribution in [2.24, 2.45) is 0 Å². The van der Waals surface area contributed by atoms with Crippen LogP contribution in [-0.2, 0) is 6.54 Å². The Bertz CT molecular complexity index is 964. The van der Waals surface area contributed by atoms with Crippen molar-refractivity contribution < 1.29 is 14.3 Å². The Morgan fingerprint density at radius 1 is 1.17 bits per heavy atom. The van der Waals surface area contributed by atoms with Gasteiger partial charge in [-0.05, 0) is 29.1 Å². The Balaban J connectivity index is 1.79. The van der Waals surface area contributed by atoms with Crippen LogP contribution in [0.25, 0.3) is 10.8 Å². The highest BCUT2D eigenvalue weighted by Gasteiger charge is 2.31. The van der Waals surface area contributed by atoms with Gasteiger partial charge in [-0.15, -0.1) is 0 Å². The summed E-state index contributed by atoms with van der Waals surface area (Å²) in [6.07, 6.45) is 2.29. The van der Waals surface area contributed by atoms with Crippen molar-refractivity contribution in [3.05, 3.63) is 65.4 Å². The molecule has 5 nitrogen and oxygen atoms in total. The number of carbonyl (C=O) groups excluding carboxylic acids is 2. The molecule has 0 aliphatic carbocycles. The molecule has 0 radical (unpaired) electrons. The molecule has 3 aromatic rings. The van der Waals surface area contributed by atoms with E-state index in [1.54, 1.807) is 24.1 Å². The average molecular weight is 318 g/mol. The van der Waals surface area contributed by atoms with Crippen LogP contribution in [0.15, 0.2) is 48.7 Å². The molecular weight excluding hydrogens is 304 g/mol. The van der Waals surface area contributed by atoms with Crippen LogP contribution in [0.4, 0.5) is 5.82 Å². The van der Waals surface area contributed by atoms with E-state index in [1.807, 2.05) is 30.3 Å². The van der Waals surface area contributed by atoms with Gasteiger partial charge in [0.1, 0.15) is 11.6 Å². The zero-order valence-corrected chi connectivity index (χ0v) is 13.0. The normalized spacial score (nSPS) is 12.7. The van der Waals surface area contributed by atoms with Crippen molar-refractivity contribution in [2.75, 3.05) is 12.0 Å². The summed E-state index contributed by atoms with van der Waals surface area (Å²) in [5.74, 6) is 1.28. The van der Waals surface area contributed by atoms with Gasteiger partial charge in [0.05, 0.1) is 19.2 Å². The molecule has 0 fully saturated rings. The van der Waals surface area contributed by atoms with Crippen LogP contribution < -0.4 is 9.64 Å². The smallest absolute Gasteiger partial charge is 0.260 e. The van der Waals surface area contributed by atoms with Crippen molar-refractivity contribution in [3.8, 4) is 5.75 Å². The first kappa shape index (κ1) is 14.4. The summed E-state index contributed by atoms with van der Waals surface area (Å²) in [6.45, 7) is 0.417. The van der Waals surface area contributed by atoms with Gasteiger partial charge in [0.25, 0.3) is 5.91 Å². The van der Waals surface area contributed by atoms with Crippen LogP contribution >= 0.6 is 0 Å². The minimum absolute atomic E-state index is 0.0954. The number of methoxy groups -OCH3 is 1. The Morgan fingerprint density at radius 3 is 2.67 bits per heavy atom. The highest BCUT2D eigenvalue weighted by atomic mass is 16.5. The van der Waals surface area contributed by atoms with Gasteiger partial charge < -0.3 is 4.74 Å². The molecule has 2 heterocycles. The predicted molar refractivity (Wildman–Crippen MR) is 90.6 cm³/mol. The third-order valence-corrected chi connectivity index (χ3v) is 4.28. The number of pyridine rings is 1. The van der Waals surface area contributed by atoms with E-state index in [2.05, 4.69) is 4.98 Å². The molecule has 1 aromatic heterocycles. The fourth-order valence-corrected chi connectivity index (χ4v) is 3.08. The Hall–Kier alpha value is -3.21. The predicted octanol–water partition coefficient (Wildman–Crippen LogP) is 3.22. The lowest BCUT2D eigenvalue weighted by atomic mass is 10.0. The lowest BCUT2D eigenvalue weighted by Crippen LogP contribution is -2.26. The maximum Gasteiger partial charge on any atom is 0.260 e. The molecule has 0 bridgehead atoms. The third kappa shape index (κ3) is 2.06. The summed E-state index contributed by atoms with van der Waals surface area (Å²) in [4.78, 5) is 30.0. The number of aldehydes is 1. The fraction of sp³-hybridized carbons (Fsp3) is 0.105. The molecule has 0 saturated heterocycles. The molecule has 0 spiro atoms. The van der Waals surface area contributed by atoms with Crippen LogP contribution in [0.3, 0.4) is 0 Å². The molecule has 118 valence electrons. The standard InChI is InChI=1S/C19H14N2O3/c1-24-14-7-5-12(6-8-14)10-21-18-17-15(13(11-22)9-20-18)3-2-4-16(17)19(21)23/h2-9,11H,10H2,1H3. The maximum atomic E-state index is 12.8. The minimum Gasteiger partial charge on any atom is -0.497 e. The van der Waals surface area contributed by atoms with E-state index < -0.39 is 0 Å². The fourth-order valence-electron chi connectivity index (χ4n) is 3.08. The van der Waals surface area contributed by atoms with Crippen molar-refractivity contribution >= 4 is 28.8 Å². The van der Waals surface area contributed by atoms with Gasteiger partial charge in [-0.25, -0.2) is 4.98 Å². The number of carbonyl (C=O) groups is 2. The van der Waals surface area contributed by atoms with E-state index in [1.165, 1.54) is 6.20 Å². The first-order chi connectivity index (χ1) is 11.7. The highest BCUT2D eigenvalue weighted by Crippen LogP contribution is 2.37. The summed E-state index contributed by atoms with van der Waals surface area (Å²) < 4.78 is 5.16. The lowest BCUT2D eigenvalue weighted by Gasteiger charge is -2.17. The Kier molecular flexibility index (Phi) is 3.27. The Morgan fingerprint density at radius 2 is 1.96 bits per heavy atom. The van der Waals surface area contributed by atoms with Gasteiger partial charge in [0, 0.05) is 17.1 Å². The summed E-state index contributed by atoms with van der Waals surface area (Å²) in [7, 11) is 1.62. The van der Waals surface area contributed by atoms with Crippen LogP contribution in [-0.4, -0.2) is 24.3 Å². The monoisotopic (exact) mass is 318 g/mol. The van der Waals surface area contributed by atoms with Gasteiger partial charge in [-0.2, -0.15) is 0 Å². The molecule has 0 unspecified atom stereocenters. The topological polar surface area (TPSA) is 59.5 Å². The van der Waals surface area contributed by atoms with Crippen molar-refractivity contribution in [1.82, 2.24) is 4.98 Å². The van der Waals surface area contributed by atoms with E-state index in [4.69, 9.17) is 4.74 Å². The summed E-state index contributed by atoms with van der Waals surface area (Å²) in [6, 6.07) is 13.0. The van der Waals surface area contributed by atoms with Crippen LogP contribution in [0.2, 0.25) is 0 Å². The molecule has 0 saturated carbocycles. The molecule has 2 aromatic carbocycles. The van der Waals surface area contributed by atoms with E-state index in [9.17, 15) is 9.59 Å². The van der Waals surface area contributed by atoms with Gasteiger partial charge in [-0.3, -0.25) is 14.5 Å². The van der Waals surface area contributed by atoms with E-state index >= 15 is 0 Å². The number of benzene rings is 2. The largest absolute Gasteiger partial charge is 0.497 e. The molecule has 5 heteroatoms. The van der Waals surface area contributed by atoms with E-state index in [0.717, 1.165) is 28.4 Å². The second-order valence-corrected chi connectivity index (χ2v) is 5.62. The van der Waals surface area contributed by atoms with Gasteiger partial charge in [-0.1, -0.05) is 24.3 Å². The second kappa shape index (κ2) is 5.45. The number of amides is 1. The van der Waals surface area contributed by atoms with Gasteiger partial charge in [0.15, 0.2) is 6.29 Å². The molecule has 1 amide bonds. The quantitative estimate of drug-likeness (QED) is 0.693. The van der Waals surface area contributed by atoms with Crippen molar-refractivity contribution in [1.29, 1.82) is 0 Å². The molecule has 4 rings (SSSR count). The number of hydrogen-bond acceptors (Lipinski definition) is 4. The molecular formula is C19H14N2O3. The van der Waals surface area contributed by atoms with Gasteiger partial charge >= 0.3 is 0 Å². The number of rotatable bonds is 4. The highest BCUT2D eigenvalue weighted by molar-refractivity contribution is 6.25. The third-order valence-electron chi connectivity index (χ3n) is 4.28.